The summed E-state index contributed by atoms with van der Waals surface area (Å²) < 4.78 is 0. The van der Waals surface area contributed by atoms with E-state index in [9.17, 15) is 10.1 Å². The van der Waals surface area contributed by atoms with Crippen molar-refractivity contribution in [2.45, 2.75) is 25.7 Å². The number of hydrogen-bond acceptors (Lipinski definition) is 2. The highest BCUT2D eigenvalue weighted by Crippen LogP contribution is 2.33. The first kappa shape index (κ1) is 6.52. The first-order valence-electron chi connectivity index (χ1n) is 3.41. The molecule has 1 rings (SSSR count). The predicted molar refractivity (Wildman–Crippen MR) is 33.8 cm³/mol. The minimum Gasteiger partial charge on any atom is -0.265 e. The van der Waals surface area contributed by atoms with Crippen LogP contribution in [0.3, 0.4) is 0 Å². The molecule has 1 aliphatic carbocycles. The van der Waals surface area contributed by atoms with Gasteiger partial charge in [0.25, 0.3) is 0 Å². The summed E-state index contributed by atoms with van der Waals surface area (Å²) in [5.41, 5.74) is 0. The third kappa shape index (κ3) is 3.06. The summed E-state index contributed by atoms with van der Waals surface area (Å²) in [7, 11) is 0. The molecule has 0 saturated heterocycles. The van der Waals surface area contributed by atoms with Gasteiger partial charge in [0.2, 0.25) is 6.54 Å². The van der Waals surface area contributed by atoms with E-state index in [0.29, 0.717) is 0 Å². The zero-order chi connectivity index (χ0) is 6.69. The van der Waals surface area contributed by atoms with E-state index in [1.165, 1.54) is 12.8 Å². The van der Waals surface area contributed by atoms with Crippen molar-refractivity contribution in [1.29, 1.82) is 0 Å². The van der Waals surface area contributed by atoms with Crippen LogP contribution in [0.2, 0.25) is 0 Å². The van der Waals surface area contributed by atoms with E-state index in [4.69, 9.17) is 0 Å². The van der Waals surface area contributed by atoms with E-state index in [-0.39, 0.29) is 11.5 Å². The normalized spacial score (nSPS) is 17.8. The Morgan fingerprint density at radius 2 is 2.22 bits per heavy atom. The predicted octanol–water partition coefficient (Wildman–Crippen LogP) is 1.45. The van der Waals surface area contributed by atoms with Crippen LogP contribution in [-0.2, 0) is 0 Å². The molecule has 0 N–H and O–H groups in total. The van der Waals surface area contributed by atoms with E-state index in [1.54, 1.807) is 0 Å². The lowest BCUT2D eigenvalue weighted by Gasteiger charge is -1.90. The molecule has 52 valence electrons. The lowest BCUT2D eigenvalue weighted by Crippen LogP contribution is -1.99. The molecule has 0 atom stereocenters. The molecule has 0 aliphatic heterocycles. The van der Waals surface area contributed by atoms with Crippen molar-refractivity contribution in [2.24, 2.45) is 5.92 Å². The molecule has 0 radical (unpaired) electrons. The summed E-state index contributed by atoms with van der Waals surface area (Å²) in [6, 6.07) is 0. The Hall–Kier alpha value is -0.600. The van der Waals surface area contributed by atoms with Gasteiger partial charge in [0.1, 0.15) is 0 Å². The molecule has 0 unspecified atom stereocenters. The Morgan fingerprint density at radius 3 is 2.67 bits per heavy atom. The molecule has 1 fully saturated rings. The Kier molecular flexibility index (Phi) is 2.03. The van der Waals surface area contributed by atoms with Crippen molar-refractivity contribution in [2.75, 3.05) is 6.54 Å². The van der Waals surface area contributed by atoms with Crippen molar-refractivity contribution >= 4 is 0 Å². The average Bonchev–Trinajstić information content (AvgIpc) is 2.48. The maximum atomic E-state index is 9.81. The SMILES string of the molecule is O=[N+]([O-])CCCC1CC1. The number of hydrogen-bond donors (Lipinski definition) is 0. The van der Waals surface area contributed by atoms with Crippen LogP contribution in [0.1, 0.15) is 25.7 Å². The van der Waals surface area contributed by atoms with Gasteiger partial charge in [0.15, 0.2) is 0 Å². The van der Waals surface area contributed by atoms with Crippen molar-refractivity contribution in [3.05, 3.63) is 10.1 Å². The molecule has 0 aromatic heterocycles. The maximum Gasteiger partial charge on any atom is 0.203 e. The van der Waals surface area contributed by atoms with Crippen molar-refractivity contribution < 1.29 is 4.92 Å². The molecule has 0 aromatic rings. The number of rotatable bonds is 4. The van der Waals surface area contributed by atoms with Gasteiger partial charge in [-0.3, -0.25) is 10.1 Å². The average molecular weight is 129 g/mol. The van der Waals surface area contributed by atoms with E-state index < -0.39 is 0 Å². The molecule has 9 heavy (non-hydrogen) atoms. The van der Waals surface area contributed by atoms with Crippen molar-refractivity contribution in [1.82, 2.24) is 0 Å². The van der Waals surface area contributed by atoms with Crippen LogP contribution in [0.4, 0.5) is 0 Å². The lowest BCUT2D eigenvalue weighted by atomic mass is 10.2. The van der Waals surface area contributed by atoms with Gasteiger partial charge >= 0.3 is 0 Å². The Labute approximate surface area is 54.2 Å². The highest BCUT2D eigenvalue weighted by molar-refractivity contribution is 4.72. The number of nitro groups is 1. The van der Waals surface area contributed by atoms with Crippen LogP contribution in [0, 0.1) is 16.0 Å². The van der Waals surface area contributed by atoms with Gasteiger partial charge in [-0.05, 0) is 12.3 Å². The van der Waals surface area contributed by atoms with Gasteiger partial charge in [-0.25, -0.2) is 0 Å². The maximum absolute atomic E-state index is 9.81. The van der Waals surface area contributed by atoms with Gasteiger partial charge in [-0.1, -0.05) is 12.8 Å². The largest absolute Gasteiger partial charge is 0.265 e. The van der Waals surface area contributed by atoms with E-state index in [1.807, 2.05) is 0 Å². The molecular weight excluding hydrogens is 118 g/mol. The smallest absolute Gasteiger partial charge is 0.203 e. The van der Waals surface area contributed by atoms with Crippen LogP contribution < -0.4 is 0 Å². The second-order valence-electron chi connectivity index (χ2n) is 2.64. The van der Waals surface area contributed by atoms with Crippen molar-refractivity contribution in [3.63, 3.8) is 0 Å². The molecule has 1 aliphatic rings. The van der Waals surface area contributed by atoms with Crippen molar-refractivity contribution in [3.8, 4) is 0 Å². The van der Waals surface area contributed by atoms with Crippen LogP contribution in [0.5, 0.6) is 0 Å². The van der Waals surface area contributed by atoms with Crippen LogP contribution in [0.15, 0.2) is 0 Å². The fourth-order valence-electron chi connectivity index (χ4n) is 0.916. The minimum absolute atomic E-state index is 0.163. The van der Waals surface area contributed by atoms with Crippen LogP contribution in [0.25, 0.3) is 0 Å². The molecule has 1 saturated carbocycles. The molecule has 0 spiro atoms. The molecule has 0 amide bonds. The molecule has 3 heteroatoms. The van der Waals surface area contributed by atoms with Gasteiger partial charge < -0.3 is 0 Å². The fourth-order valence-corrected chi connectivity index (χ4v) is 0.916. The zero-order valence-electron chi connectivity index (χ0n) is 5.38. The summed E-state index contributed by atoms with van der Waals surface area (Å²) in [6.45, 7) is 0.163. The van der Waals surface area contributed by atoms with Crippen LogP contribution >= 0.6 is 0 Å². The summed E-state index contributed by atoms with van der Waals surface area (Å²) in [6.07, 6.45) is 4.45. The molecule has 0 aromatic carbocycles. The first-order chi connectivity index (χ1) is 4.29. The Balaban J connectivity index is 1.86. The lowest BCUT2D eigenvalue weighted by molar-refractivity contribution is -0.480. The Morgan fingerprint density at radius 1 is 1.56 bits per heavy atom. The molecule has 3 nitrogen and oxygen atoms in total. The Bertz CT molecular complexity index is 110. The summed E-state index contributed by atoms with van der Waals surface area (Å²) in [5, 5.41) is 9.81. The summed E-state index contributed by atoms with van der Waals surface area (Å²) in [4.78, 5) is 9.57. The minimum atomic E-state index is -0.234. The second-order valence-corrected chi connectivity index (χ2v) is 2.64. The fraction of sp³-hybridized carbons (Fsp3) is 1.00. The number of nitrogens with zero attached hydrogens (tertiary/aromatic N) is 1. The molecule has 0 bridgehead atoms. The van der Waals surface area contributed by atoms with Gasteiger partial charge in [0, 0.05) is 11.3 Å². The third-order valence-electron chi connectivity index (χ3n) is 1.65. The van der Waals surface area contributed by atoms with Gasteiger partial charge in [-0.15, -0.1) is 0 Å². The monoisotopic (exact) mass is 129 g/mol. The van der Waals surface area contributed by atoms with E-state index >= 15 is 0 Å². The first-order valence-corrected chi connectivity index (χ1v) is 3.41. The third-order valence-corrected chi connectivity index (χ3v) is 1.65. The zero-order valence-corrected chi connectivity index (χ0v) is 5.38. The van der Waals surface area contributed by atoms with Gasteiger partial charge in [-0.2, -0.15) is 0 Å². The highest BCUT2D eigenvalue weighted by Gasteiger charge is 2.20. The van der Waals surface area contributed by atoms with Crippen LogP contribution in [-0.4, -0.2) is 11.5 Å². The quantitative estimate of drug-likeness (QED) is 0.426. The topological polar surface area (TPSA) is 43.1 Å². The van der Waals surface area contributed by atoms with E-state index in [2.05, 4.69) is 0 Å². The standard InChI is InChI=1S/C6H11NO2/c8-7(9)5-1-2-6-3-4-6/h6H,1-5H2. The highest BCUT2D eigenvalue weighted by atomic mass is 16.6. The summed E-state index contributed by atoms with van der Waals surface area (Å²) >= 11 is 0. The summed E-state index contributed by atoms with van der Waals surface area (Å²) in [5.74, 6) is 0.838. The van der Waals surface area contributed by atoms with E-state index in [0.717, 1.165) is 18.8 Å². The molecular formula is C6H11NO2. The second kappa shape index (κ2) is 2.80. The van der Waals surface area contributed by atoms with Gasteiger partial charge in [0.05, 0.1) is 0 Å². The molecule has 0 heterocycles.